The Morgan fingerprint density at radius 3 is 2.05 bits per heavy atom. The highest BCUT2D eigenvalue weighted by atomic mass is 32.2. The standard InChI is InChI=1S/C16H20N2O2S/c1-11-7-12(2)9-14(8-11)18(4)21(19,20)15-5-6-16(17)13(3)10-15/h5-10H,17H2,1-4H3. The van der Waals surface area contributed by atoms with Crippen molar-refractivity contribution in [1.29, 1.82) is 0 Å². The van der Waals surface area contributed by atoms with Crippen LogP contribution >= 0.6 is 0 Å². The summed E-state index contributed by atoms with van der Waals surface area (Å²) < 4.78 is 26.7. The van der Waals surface area contributed by atoms with E-state index < -0.39 is 10.0 Å². The molecule has 0 atom stereocenters. The molecule has 0 unspecified atom stereocenters. The summed E-state index contributed by atoms with van der Waals surface area (Å²) in [7, 11) is -2.02. The van der Waals surface area contributed by atoms with E-state index >= 15 is 0 Å². The molecule has 0 spiro atoms. The highest BCUT2D eigenvalue weighted by Crippen LogP contribution is 2.25. The SMILES string of the molecule is Cc1cc(C)cc(N(C)S(=O)(=O)c2ccc(N)c(C)c2)c1. The molecule has 0 bridgehead atoms. The van der Waals surface area contributed by atoms with Gasteiger partial charge in [-0.15, -0.1) is 0 Å². The van der Waals surface area contributed by atoms with Crippen molar-refractivity contribution in [2.75, 3.05) is 17.1 Å². The predicted molar refractivity (Wildman–Crippen MR) is 87.1 cm³/mol. The van der Waals surface area contributed by atoms with Gasteiger partial charge in [-0.05, 0) is 67.8 Å². The molecule has 5 heteroatoms. The monoisotopic (exact) mass is 304 g/mol. The fourth-order valence-corrected chi connectivity index (χ4v) is 3.50. The summed E-state index contributed by atoms with van der Waals surface area (Å²) in [5.74, 6) is 0. The fourth-order valence-electron chi connectivity index (χ4n) is 2.24. The largest absolute Gasteiger partial charge is 0.399 e. The summed E-state index contributed by atoms with van der Waals surface area (Å²) in [4.78, 5) is 0.246. The van der Waals surface area contributed by atoms with Crippen molar-refractivity contribution in [3.8, 4) is 0 Å². The van der Waals surface area contributed by atoms with Gasteiger partial charge in [0.1, 0.15) is 0 Å². The molecule has 0 amide bonds. The van der Waals surface area contributed by atoms with Crippen LogP contribution in [0, 0.1) is 20.8 Å². The van der Waals surface area contributed by atoms with Gasteiger partial charge in [-0.1, -0.05) is 6.07 Å². The molecule has 0 aromatic heterocycles. The summed E-state index contributed by atoms with van der Waals surface area (Å²) in [6.07, 6.45) is 0. The van der Waals surface area contributed by atoms with Crippen molar-refractivity contribution in [2.45, 2.75) is 25.7 Å². The van der Waals surface area contributed by atoms with E-state index in [9.17, 15) is 8.42 Å². The van der Waals surface area contributed by atoms with Crippen molar-refractivity contribution in [3.05, 3.63) is 53.1 Å². The minimum atomic E-state index is -3.59. The molecule has 0 radical (unpaired) electrons. The van der Waals surface area contributed by atoms with E-state index in [0.29, 0.717) is 11.4 Å². The molecule has 2 N–H and O–H groups in total. The molecule has 21 heavy (non-hydrogen) atoms. The molecule has 0 saturated heterocycles. The number of nitrogens with two attached hydrogens (primary N) is 1. The number of rotatable bonds is 3. The number of sulfonamides is 1. The first-order chi connectivity index (χ1) is 9.71. The maximum Gasteiger partial charge on any atom is 0.264 e. The van der Waals surface area contributed by atoms with Crippen molar-refractivity contribution >= 4 is 21.4 Å². The van der Waals surface area contributed by atoms with Crippen LogP contribution in [-0.4, -0.2) is 15.5 Å². The third kappa shape index (κ3) is 3.03. The molecular weight excluding hydrogens is 284 g/mol. The smallest absolute Gasteiger partial charge is 0.264 e. The molecule has 112 valence electrons. The predicted octanol–water partition coefficient (Wildman–Crippen LogP) is 3.02. The molecule has 2 rings (SSSR count). The van der Waals surface area contributed by atoms with Gasteiger partial charge in [0.05, 0.1) is 10.6 Å². The van der Waals surface area contributed by atoms with E-state index in [1.165, 1.54) is 10.4 Å². The molecule has 4 nitrogen and oxygen atoms in total. The normalized spacial score (nSPS) is 11.4. The van der Waals surface area contributed by atoms with Gasteiger partial charge in [-0.2, -0.15) is 0 Å². The minimum Gasteiger partial charge on any atom is -0.399 e. The van der Waals surface area contributed by atoms with Gasteiger partial charge in [0.15, 0.2) is 0 Å². The average molecular weight is 304 g/mol. The maximum atomic E-state index is 12.7. The second-order valence-corrected chi connectivity index (χ2v) is 7.31. The highest BCUT2D eigenvalue weighted by molar-refractivity contribution is 7.92. The lowest BCUT2D eigenvalue weighted by Gasteiger charge is -2.21. The second kappa shape index (κ2) is 5.41. The minimum absolute atomic E-state index is 0.246. The average Bonchev–Trinajstić information content (AvgIpc) is 2.39. The Bertz CT molecular complexity index is 763. The van der Waals surface area contributed by atoms with Gasteiger partial charge in [-0.3, -0.25) is 4.31 Å². The van der Waals surface area contributed by atoms with E-state index in [1.807, 2.05) is 32.0 Å². The summed E-state index contributed by atoms with van der Waals surface area (Å²) >= 11 is 0. The molecule has 0 saturated carbocycles. The first-order valence-electron chi connectivity index (χ1n) is 6.65. The van der Waals surface area contributed by atoms with Crippen LogP contribution in [-0.2, 0) is 10.0 Å². The Hall–Kier alpha value is -2.01. The van der Waals surface area contributed by atoms with Crippen LogP contribution in [0.4, 0.5) is 11.4 Å². The zero-order valence-corrected chi connectivity index (χ0v) is 13.5. The lowest BCUT2D eigenvalue weighted by atomic mass is 10.1. The molecule has 0 aliphatic rings. The Morgan fingerprint density at radius 1 is 0.952 bits per heavy atom. The Balaban J connectivity index is 2.49. The third-order valence-electron chi connectivity index (χ3n) is 3.47. The lowest BCUT2D eigenvalue weighted by molar-refractivity contribution is 0.594. The molecule has 2 aromatic rings. The topological polar surface area (TPSA) is 63.4 Å². The first-order valence-corrected chi connectivity index (χ1v) is 8.09. The number of benzene rings is 2. The Kier molecular flexibility index (Phi) is 3.96. The summed E-state index contributed by atoms with van der Waals surface area (Å²) in [5.41, 5.74) is 9.80. The molecule has 0 aliphatic heterocycles. The number of nitrogens with zero attached hydrogens (tertiary/aromatic N) is 1. The molecular formula is C16H20N2O2S. The lowest BCUT2D eigenvalue weighted by Crippen LogP contribution is -2.26. The van der Waals surface area contributed by atoms with E-state index in [4.69, 9.17) is 5.73 Å². The van der Waals surface area contributed by atoms with Crippen LogP contribution in [0.5, 0.6) is 0 Å². The number of anilines is 2. The number of hydrogen-bond donors (Lipinski definition) is 1. The second-order valence-electron chi connectivity index (χ2n) is 5.34. The van der Waals surface area contributed by atoms with Crippen LogP contribution < -0.4 is 10.0 Å². The number of aryl methyl sites for hydroxylation is 3. The quantitative estimate of drug-likeness (QED) is 0.887. The summed E-state index contributed by atoms with van der Waals surface area (Å²) in [5, 5.41) is 0. The van der Waals surface area contributed by atoms with Gasteiger partial charge in [0, 0.05) is 12.7 Å². The highest BCUT2D eigenvalue weighted by Gasteiger charge is 2.22. The van der Waals surface area contributed by atoms with Crippen LogP contribution in [0.3, 0.4) is 0 Å². The van der Waals surface area contributed by atoms with E-state index in [-0.39, 0.29) is 4.90 Å². The van der Waals surface area contributed by atoms with Crippen LogP contribution in [0.25, 0.3) is 0 Å². The van der Waals surface area contributed by atoms with E-state index in [1.54, 1.807) is 26.1 Å². The van der Waals surface area contributed by atoms with E-state index in [2.05, 4.69) is 0 Å². The van der Waals surface area contributed by atoms with Crippen molar-refractivity contribution in [3.63, 3.8) is 0 Å². The first kappa shape index (κ1) is 15.4. The van der Waals surface area contributed by atoms with Crippen LogP contribution in [0.1, 0.15) is 16.7 Å². The Morgan fingerprint density at radius 2 is 1.52 bits per heavy atom. The molecule has 0 aliphatic carbocycles. The zero-order valence-electron chi connectivity index (χ0n) is 12.7. The molecule has 0 fully saturated rings. The summed E-state index contributed by atoms with van der Waals surface area (Å²) in [6.45, 7) is 5.69. The van der Waals surface area contributed by atoms with Crippen molar-refractivity contribution in [2.24, 2.45) is 0 Å². The third-order valence-corrected chi connectivity index (χ3v) is 5.25. The molecule has 0 heterocycles. The summed E-state index contributed by atoms with van der Waals surface area (Å²) in [6, 6.07) is 10.5. The number of hydrogen-bond acceptors (Lipinski definition) is 3. The van der Waals surface area contributed by atoms with Crippen LogP contribution in [0.15, 0.2) is 41.3 Å². The van der Waals surface area contributed by atoms with Gasteiger partial charge in [0.2, 0.25) is 0 Å². The zero-order chi connectivity index (χ0) is 15.8. The van der Waals surface area contributed by atoms with Gasteiger partial charge < -0.3 is 5.73 Å². The van der Waals surface area contributed by atoms with Gasteiger partial charge >= 0.3 is 0 Å². The fraction of sp³-hybridized carbons (Fsp3) is 0.250. The van der Waals surface area contributed by atoms with Gasteiger partial charge in [0.25, 0.3) is 10.0 Å². The van der Waals surface area contributed by atoms with E-state index in [0.717, 1.165) is 16.7 Å². The maximum absolute atomic E-state index is 12.7. The van der Waals surface area contributed by atoms with Crippen molar-refractivity contribution < 1.29 is 8.42 Å². The van der Waals surface area contributed by atoms with Crippen LogP contribution in [0.2, 0.25) is 0 Å². The van der Waals surface area contributed by atoms with Crippen molar-refractivity contribution in [1.82, 2.24) is 0 Å². The van der Waals surface area contributed by atoms with Gasteiger partial charge in [-0.25, -0.2) is 8.42 Å². The Labute approximate surface area is 126 Å². The number of nitrogen functional groups attached to an aromatic ring is 1. The molecule has 2 aromatic carbocycles.